The Morgan fingerprint density at radius 2 is 1.78 bits per heavy atom. The van der Waals surface area contributed by atoms with Gasteiger partial charge in [-0.25, -0.2) is 4.39 Å². The van der Waals surface area contributed by atoms with Crippen molar-refractivity contribution in [2.24, 2.45) is 0 Å². The minimum atomic E-state index is -0.158. The third kappa shape index (κ3) is 7.37. The first-order chi connectivity index (χ1) is 13.0. The lowest BCUT2D eigenvalue weighted by atomic mass is 10.1. The van der Waals surface area contributed by atoms with Crippen LogP contribution in [0.2, 0.25) is 0 Å². The van der Waals surface area contributed by atoms with Gasteiger partial charge in [-0.05, 0) is 65.9 Å². The van der Waals surface area contributed by atoms with Crippen molar-refractivity contribution in [2.45, 2.75) is 47.5 Å². The molecule has 1 aliphatic heterocycles. The molecular formula is C23H35FN2S. The van der Waals surface area contributed by atoms with E-state index in [2.05, 4.69) is 47.1 Å². The molecule has 0 unspecified atom stereocenters. The van der Waals surface area contributed by atoms with Crippen molar-refractivity contribution in [3.05, 3.63) is 64.2 Å². The highest BCUT2D eigenvalue weighted by Crippen LogP contribution is 2.23. The quantitative estimate of drug-likeness (QED) is 0.586. The average molecular weight is 391 g/mol. The van der Waals surface area contributed by atoms with Gasteiger partial charge in [0.05, 0.1) is 0 Å². The van der Waals surface area contributed by atoms with Crippen molar-refractivity contribution in [1.29, 1.82) is 0 Å². The second-order valence-corrected chi connectivity index (χ2v) is 7.09. The second-order valence-electron chi connectivity index (χ2n) is 6.31. The Bertz CT molecular complexity index is 659. The summed E-state index contributed by atoms with van der Waals surface area (Å²) >= 11 is 1.76. The number of allylic oxidation sites excluding steroid dienone is 1. The second kappa shape index (κ2) is 12.6. The van der Waals surface area contributed by atoms with Crippen molar-refractivity contribution < 1.29 is 4.39 Å². The van der Waals surface area contributed by atoms with E-state index in [4.69, 9.17) is 0 Å². The molecule has 2 nitrogen and oxygen atoms in total. The largest absolute Gasteiger partial charge is 0.372 e. The fourth-order valence-electron chi connectivity index (χ4n) is 2.95. The number of piperazine rings is 1. The zero-order valence-electron chi connectivity index (χ0n) is 17.6. The monoisotopic (exact) mass is 390 g/mol. The molecule has 0 N–H and O–H groups in total. The maximum absolute atomic E-state index is 13.1. The predicted molar refractivity (Wildman–Crippen MR) is 119 cm³/mol. The molecule has 27 heavy (non-hydrogen) atoms. The van der Waals surface area contributed by atoms with E-state index < -0.39 is 0 Å². The van der Waals surface area contributed by atoms with Gasteiger partial charge in [-0.15, -0.1) is 0 Å². The molecule has 4 heteroatoms. The molecule has 0 amide bonds. The number of anilines is 1. The SMILES string of the molecule is C=C(CC)N1CCN(c2ccc(F)cc2C)CC1.CC.CCc1ccsc1. The maximum Gasteiger partial charge on any atom is 0.123 e. The number of hydrogen-bond acceptors (Lipinski definition) is 3. The van der Waals surface area contributed by atoms with E-state index >= 15 is 0 Å². The standard InChI is InChI=1S/C15H21FN2.C6H8S.C2H6/c1-4-13(3)17-7-9-18(10-8-17)15-6-5-14(16)11-12(15)2;1-2-6-3-4-7-5-6;1-2/h5-6,11H,3-4,7-10H2,1-2H3;3-5H,2H2,1H3;1-2H3. The van der Waals surface area contributed by atoms with Crippen LogP contribution in [-0.4, -0.2) is 31.1 Å². The van der Waals surface area contributed by atoms with Crippen LogP contribution in [0, 0.1) is 12.7 Å². The van der Waals surface area contributed by atoms with Crippen LogP contribution in [0.25, 0.3) is 0 Å². The molecule has 3 rings (SSSR count). The van der Waals surface area contributed by atoms with E-state index in [0.717, 1.165) is 43.9 Å². The molecule has 0 bridgehead atoms. The molecule has 1 aromatic heterocycles. The summed E-state index contributed by atoms with van der Waals surface area (Å²) in [7, 11) is 0. The van der Waals surface area contributed by atoms with Crippen molar-refractivity contribution in [3.63, 3.8) is 0 Å². The van der Waals surface area contributed by atoms with E-state index in [1.807, 2.05) is 26.8 Å². The molecule has 0 saturated carbocycles. The van der Waals surface area contributed by atoms with E-state index in [0.29, 0.717) is 0 Å². The van der Waals surface area contributed by atoms with Crippen molar-refractivity contribution in [3.8, 4) is 0 Å². The van der Waals surface area contributed by atoms with Crippen LogP contribution in [-0.2, 0) is 6.42 Å². The lowest BCUT2D eigenvalue weighted by molar-refractivity contribution is 0.315. The van der Waals surface area contributed by atoms with E-state index in [1.165, 1.54) is 17.7 Å². The molecule has 1 fully saturated rings. The summed E-state index contributed by atoms with van der Waals surface area (Å²) in [6.45, 7) is 18.3. The summed E-state index contributed by atoms with van der Waals surface area (Å²) in [6.07, 6.45) is 2.18. The van der Waals surface area contributed by atoms with Crippen molar-refractivity contribution in [1.82, 2.24) is 4.90 Å². The number of thiophene rings is 1. The Labute approximate surface area is 169 Å². The normalized spacial score (nSPS) is 13.3. The van der Waals surface area contributed by atoms with Gasteiger partial charge in [0.1, 0.15) is 5.82 Å². The van der Waals surface area contributed by atoms with Crippen LogP contribution < -0.4 is 4.90 Å². The summed E-state index contributed by atoms with van der Waals surface area (Å²) in [4.78, 5) is 4.67. The molecule has 2 aromatic rings. The first kappa shape index (κ1) is 23.2. The van der Waals surface area contributed by atoms with Crippen LogP contribution in [0.3, 0.4) is 0 Å². The zero-order valence-corrected chi connectivity index (χ0v) is 18.4. The number of hydrogen-bond donors (Lipinski definition) is 0. The first-order valence-corrected chi connectivity index (χ1v) is 10.9. The lowest BCUT2D eigenvalue weighted by Gasteiger charge is -2.38. The fraction of sp³-hybridized carbons (Fsp3) is 0.478. The third-order valence-electron chi connectivity index (χ3n) is 4.62. The number of halogens is 1. The Kier molecular flexibility index (Phi) is 10.8. The van der Waals surface area contributed by atoms with E-state index in [1.54, 1.807) is 23.5 Å². The minimum absolute atomic E-state index is 0.158. The topological polar surface area (TPSA) is 6.48 Å². The van der Waals surface area contributed by atoms with Gasteiger partial charge >= 0.3 is 0 Å². The molecule has 0 atom stereocenters. The smallest absolute Gasteiger partial charge is 0.123 e. The van der Waals surface area contributed by atoms with Gasteiger partial charge in [0.2, 0.25) is 0 Å². The van der Waals surface area contributed by atoms with Gasteiger partial charge < -0.3 is 9.80 Å². The minimum Gasteiger partial charge on any atom is -0.372 e. The molecule has 1 aliphatic rings. The molecule has 1 saturated heterocycles. The van der Waals surface area contributed by atoms with Gasteiger partial charge in [0.15, 0.2) is 0 Å². The summed E-state index contributed by atoms with van der Waals surface area (Å²) in [6, 6.07) is 7.19. The van der Waals surface area contributed by atoms with E-state index in [9.17, 15) is 4.39 Å². The van der Waals surface area contributed by atoms with Gasteiger partial charge in [-0.1, -0.05) is 34.3 Å². The molecule has 0 spiro atoms. The maximum atomic E-state index is 13.1. The zero-order chi connectivity index (χ0) is 20.2. The van der Waals surface area contributed by atoms with Gasteiger partial charge in [0.25, 0.3) is 0 Å². The Morgan fingerprint density at radius 1 is 1.11 bits per heavy atom. The summed E-state index contributed by atoms with van der Waals surface area (Å²) in [5.74, 6) is -0.158. The van der Waals surface area contributed by atoms with Crippen molar-refractivity contribution >= 4 is 17.0 Å². The number of rotatable bonds is 4. The summed E-state index contributed by atoms with van der Waals surface area (Å²) in [5, 5.41) is 4.29. The van der Waals surface area contributed by atoms with Gasteiger partial charge in [0, 0.05) is 37.6 Å². The Hall–Kier alpha value is -1.81. The number of aryl methyl sites for hydroxylation is 2. The Morgan fingerprint density at radius 3 is 2.22 bits per heavy atom. The highest BCUT2D eigenvalue weighted by Gasteiger charge is 2.18. The molecule has 0 aliphatic carbocycles. The molecule has 1 aromatic carbocycles. The summed E-state index contributed by atoms with van der Waals surface area (Å²) < 4.78 is 13.1. The highest BCUT2D eigenvalue weighted by atomic mass is 32.1. The van der Waals surface area contributed by atoms with Crippen molar-refractivity contribution in [2.75, 3.05) is 31.1 Å². The van der Waals surface area contributed by atoms with Crippen LogP contribution in [0.15, 0.2) is 47.3 Å². The van der Waals surface area contributed by atoms with Gasteiger partial charge in [-0.3, -0.25) is 0 Å². The summed E-state index contributed by atoms with van der Waals surface area (Å²) in [5.41, 5.74) is 4.83. The van der Waals surface area contributed by atoms with Crippen LogP contribution in [0.4, 0.5) is 10.1 Å². The van der Waals surface area contributed by atoms with Crippen LogP contribution in [0.1, 0.15) is 45.2 Å². The molecule has 150 valence electrons. The third-order valence-corrected chi connectivity index (χ3v) is 5.35. The highest BCUT2D eigenvalue weighted by molar-refractivity contribution is 7.07. The van der Waals surface area contributed by atoms with Gasteiger partial charge in [-0.2, -0.15) is 11.3 Å². The first-order valence-electron chi connectivity index (χ1n) is 10.00. The number of nitrogens with zero attached hydrogens (tertiary/aromatic N) is 2. The molecule has 2 heterocycles. The number of benzene rings is 1. The Balaban J connectivity index is 0.000000338. The molecule has 0 radical (unpaired) electrons. The fourth-order valence-corrected chi connectivity index (χ4v) is 3.71. The van der Waals surface area contributed by atoms with Crippen LogP contribution >= 0.6 is 11.3 Å². The van der Waals surface area contributed by atoms with Crippen LogP contribution in [0.5, 0.6) is 0 Å². The molecular weight excluding hydrogens is 355 g/mol. The lowest BCUT2D eigenvalue weighted by Crippen LogP contribution is -2.45. The average Bonchev–Trinajstić information content (AvgIpc) is 3.24. The predicted octanol–water partition coefficient (Wildman–Crippen LogP) is 6.52. The van der Waals surface area contributed by atoms with E-state index in [-0.39, 0.29) is 5.82 Å².